The highest BCUT2D eigenvalue weighted by Crippen LogP contribution is 2.38. The van der Waals surface area contributed by atoms with Gasteiger partial charge in [-0.05, 0) is 43.7 Å². The maximum Gasteiger partial charge on any atom is 0.262 e. The summed E-state index contributed by atoms with van der Waals surface area (Å²) >= 11 is 1.37. The van der Waals surface area contributed by atoms with Crippen molar-refractivity contribution in [3.05, 3.63) is 34.6 Å². The van der Waals surface area contributed by atoms with Crippen LogP contribution in [0.5, 0.6) is 0 Å². The molecule has 1 aliphatic rings. The van der Waals surface area contributed by atoms with Crippen molar-refractivity contribution in [1.82, 2.24) is 14.9 Å². The van der Waals surface area contributed by atoms with Gasteiger partial charge in [0.1, 0.15) is 0 Å². The Kier molecular flexibility index (Phi) is 6.81. The van der Waals surface area contributed by atoms with Crippen molar-refractivity contribution >= 4 is 28.6 Å². The minimum absolute atomic E-state index is 0.0152. The van der Waals surface area contributed by atoms with E-state index in [9.17, 15) is 9.59 Å². The molecule has 1 fully saturated rings. The molecule has 1 aromatic carbocycles. The Balaban J connectivity index is 1.97. The summed E-state index contributed by atoms with van der Waals surface area (Å²) in [7, 11) is 0. The third-order valence-corrected chi connectivity index (χ3v) is 7.08. The number of thioether (sulfide) groups is 1. The summed E-state index contributed by atoms with van der Waals surface area (Å²) in [5.41, 5.74) is 0.714. The van der Waals surface area contributed by atoms with Gasteiger partial charge in [0.25, 0.3) is 5.56 Å². The number of hydrogen-bond donors (Lipinski definition) is 1. The average molecular weight is 402 g/mol. The molecule has 5 nitrogen and oxygen atoms in total. The number of hydrogen-bond acceptors (Lipinski definition) is 4. The number of carbonyl (C=O) groups excluding carboxylic acids is 1. The topological polar surface area (TPSA) is 64.0 Å². The van der Waals surface area contributed by atoms with Crippen LogP contribution in [0.1, 0.15) is 59.4 Å². The highest BCUT2D eigenvalue weighted by molar-refractivity contribution is 7.99. The van der Waals surface area contributed by atoms with Gasteiger partial charge in [-0.25, -0.2) is 4.98 Å². The lowest BCUT2D eigenvalue weighted by atomic mass is 9.78. The zero-order valence-corrected chi connectivity index (χ0v) is 18.1. The molecule has 0 saturated heterocycles. The SMILES string of the molecule is CC[C@@H](C)NC(=O)CSc1nc2ccccc2c(=O)n1[C@@H]1CCC[C@H](C)[C@@H]1C. The van der Waals surface area contributed by atoms with Gasteiger partial charge >= 0.3 is 0 Å². The summed E-state index contributed by atoms with van der Waals surface area (Å²) in [6.45, 7) is 8.55. The lowest BCUT2D eigenvalue weighted by molar-refractivity contribution is -0.119. The van der Waals surface area contributed by atoms with Crippen LogP contribution in [0.25, 0.3) is 10.9 Å². The highest BCUT2D eigenvalue weighted by atomic mass is 32.2. The lowest BCUT2D eigenvalue weighted by Crippen LogP contribution is -2.36. The molecule has 0 radical (unpaired) electrons. The normalized spacial score (nSPS) is 23.5. The van der Waals surface area contributed by atoms with Crippen LogP contribution in [0.15, 0.2) is 34.2 Å². The second-order valence-corrected chi connectivity index (χ2v) is 9.03. The van der Waals surface area contributed by atoms with E-state index < -0.39 is 0 Å². The first-order valence-corrected chi connectivity index (χ1v) is 11.3. The molecule has 0 spiro atoms. The van der Waals surface area contributed by atoms with E-state index in [1.807, 2.05) is 42.7 Å². The van der Waals surface area contributed by atoms with Gasteiger partial charge in [0.2, 0.25) is 5.91 Å². The van der Waals surface area contributed by atoms with E-state index in [-0.39, 0.29) is 29.3 Å². The van der Waals surface area contributed by atoms with Crippen LogP contribution in [0.2, 0.25) is 0 Å². The first-order chi connectivity index (χ1) is 13.4. The summed E-state index contributed by atoms with van der Waals surface area (Å²) in [4.78, 5) is 30.5. The molecule has 4 atom stereocenters. The van der Waals surface area contributed by atoms with Gasteiger partial charge in [-0.15, -0.1) is 0 Å². The predicted molar refractivity (Wildman–Crippen MR) is 116 cm³/mol. The van der Waals surface area contributed by atoms with Gasteiger partial charge < -0.3 is 5.32 Å². The average Bonchev–Trinajstić information content (AvgIpc) is 2.69. The third-order valence-electron chi connectivity index (χ3n) is 6.12. The van der Waals surface area contributed by atoms with Gasteiger partial charge in [0.05, 0.1) is 16.7 Å². The van der Waals surface area contributed by atoms with Gasteiger partial charge in [0.15, 0.2) is 5.16 Å². The molecular formula is C22H31N3O2S. The van der Waals surface area contributed by atoms with Crippen molar-refractivity contribution in [2.75, 3.05) is 5.75 Å². The number of nitrogens with zero attached hydrogens (tertiary/aromatic N) is 2. The molecule has 0 unspecified atom stereocenters. The van der Waals surface area contributed by atoms with Crippen molar-refractivity contribution in [3.8, 4) is 0 Å². The summed E-state index contributed by atoms with van der Waals surface area (Å²) in [6.07, 6.45) is 4.20. The molecule has 1 aromatic heterocycles. The molecule has 0 bridgehead atoms. The number of para-hydroxylation sites is 1. The van der Waals surface area contributed by atoms with Gasteiger partial charge in [-0.1, -0.05) is 57.5 Å². The van der Waals surface area contributed by atoms with E-state index in [1.54, 1.807) is 0 Å². The molecule has 3 rings (SSSR count). The third kappa shape index (κ3) is 4.43. The van der Waals surface area contributed by atoms with Crippen LogP contribution in [0, 0.1) is 11.8 Å². The maximum atomic E-state index is 13.4. The first-order valence-electron chi connectivity index (χ1n) is 10.4. The number of benzene rings is 1. The Morgan fingerprint density at radius 3 is 2.82 bits per heavy atom. The van der Waals surface area contributed by atoms with Crippen molar-refractivity contribution in [2.24, 2.45) is 11.8 Å². The predicted octanol–water partition coefficient (Wildman–Crippen LogP) is 4.40. The molecule has 1 aliphatic carbocycles. The van der Waals surface area contributed by atoms with Gasteiger partial charge in [-0.3, -0.25) is 14.2 Å². The minimum atomic E-state index is -0.0154. The quantitative estimate of drug-likeness (QED) is 0.576. The molecule has 1 amide bonds. The molecule has 6 heteroatoms. The number of amides is 1. The largest absolute Gasteiger partial charge is 0.353 e. The van der Waals surface area contributed by atoms with Crippen LogP contribution in [0.4, 0.5) is 0 Å². The van der Waals surface area contributed by atoms with E-state index in [4.69, 9.17) is 4.98 Å². The molecule has 28 heavy (non-hydrogen) atoms. The molecule has 0 aliphatic heterocycles. The number of rotatable bonds is 6. The standard InChI is InChI=1S/C22H31N3O2S/c1-5-15(3)23-20(26)13-28-22-24-18-11-7-6-10-17(18)21(27)25(22)19-12-8-9-14(2)16(19)4/h6-7,10-11,14-16,19H,5,8-9,12-13H2,1-4H3,(H,23,26)/t14-,15+,16-,19+/m0/s1. The molecule has 1 N–H and O–H groups in total. The van der Waals surface area contributed by atoms with Gasteiger partial charge in [-0.2, -0.15) is 0 Å². The fourth-order valence-electron chi connectivity index (χ4n) is 3.99. The zero-order valence-electron chi connectivity index (χ0n) is 17.3. The summed E-state index contributed by atoms with van der Waals surface area (Å²) < 4.78 is 1.88. The molecule has 1 saturated carbocycles. The van der Waals surface area contributed by atoms with E-state index >= 15 is 0 Å². The fraction of sp³-hybridized carbons (Fsp3) is 0.591. The number of nitrogens with one attached hydrogen (secondary N) is 1. The smallest absolute Gasteiger partial charge is 0.262 e. The van der Waals surface area contributed by atoms with Crippen LogP contribution in [-0.4, -0.2) is 27.3 Å². The number of carbonyl (C=O) groups is 1. The van der Waals surface area contributed by atoms with Gasteiger partial charge in [0, 0.05) is 12.1 Å². The molecule has 2 aromatic rings. The molecular weight excluding hydrogens is 370 g/mol. The Morgan fingerprint density at radius 1 is 1.32 bits per heavy atom. The first kappa shape index (κ1) is 20.9. The zero-order chi connectivity index (χ0) is 20.3. The van der Waals surface area contributed by atoms with Crippen molar-refractivity contribution in [2.45, 2.75) is 70.6 Å². The summed E-state index contributed by atoms with van der Waals surface area (Å²) in [5, 5.41) is 4.31. The van der Waals surface area contributed by atoms with Crippen molar-refractivity contribution in [1.29, 1.82) is 0 Å². The Morgan fingerprint density at radius 2 is 2.07 bits per heavy atom. The lowest BCUT2D eigenvalue weighted by Gasteiger charge is -2.36. The molecule has 1 heterocycles. The maximum absolute atomic E-state index is 13.4. The Labute approximate surface area is 171 Å². The monoisotopic (exact) mass is 401 g/mol. The van der Waals surface area contributed by atoms with E-state index in [0.29, 0.717) is 27.9 Å². The summed E-state index contributed by atoms with van der Waals surface area (Å²) in [5.74, 6) is 1.23. The second kappa shape index (κ2) is 9.12. The van der Waals surface area contributed by atoms with Crippen LogP contribution in [-0.2, 0) is 4.79 Å². The molecule has 152 valence electrons. The highest BCUT2D eigenvalue weighted by Gasteiger charge is 2.31. The van der Waals surface area contributed by atoms with Crippen molar-refractivity contribution in [3.63, 3.8) is 0 Å². The Bertz CT molecular complexity index is 895. The van der Waals surface area contributed by atoms with E-state index in [0.717, 1.165) is 19.3 Å². The van der Waals surface area contributed by atoms with Crippen molar-refractivity contribution < 1.29 is 4.79 Å². The van der Waals surface area contributed by atoms with Crippen LogP contribution >= 0.6 is 11.8 Å². The Hall–Kier alpha value is -1.82. The van der Waals surface area contributed by atoms with E-state index in [2.05, 4.69) is 19.2 Å². The number of aromatic nitrogens is 2. The van der Waals surface area contributed by atoms with Crippen LogP contribution in [0.3, 0.4) is 0 Å². The summed E-state index contributed by atoms with van der Waals surface area (Å²) in [6, 6.07) is 7.79. The number of fused-ring (bicyclic) bond motifs is 1. The minimum Gasteiger partial charge on any atom is -0.353 e. The second-order valence-electron chi connectivity index (χ2n) is 8.09. The van der Waals surface area contributed by atoms with E-state index in [1.165, 1.54) is 18.2 Å². The van der Waals surface area contributed by atoms with Crippen LogP contribution < -0.4 is 10.9 Å². The fourth-order valence-corrected chi connectivity index (χ4v) is 4.85.